The summed E-state index contributed by atoms with van der Waals surface area (Å²) in [6, 6.07) is -0.211. The highest BCUT2D eigenvalue weighted by atomic mass is 32.2. The van der Waals surface area contributed by atoms with Gasteiger partial charge in [-0.2, -0.15) is 9.98 Å². The van der Waals surface area contributed by atoms with Gasteiger partial charge in [0.25, 0.3) is 0 Å². The molecule has 0 spiro atoms. The molecule has 0 radical (unpaired) electrons. The lowest BCUT2D eigenvalue weighted by atomic mass is 10.2. The second-order valence-electron chi connectivity index (χ2n) is 3.00. The summed E-state index contributed by atoms with van der Waals surface area (Å²) in [4.78, 5) is 21.1. The summed E-state index contributed by atoms with van der Waals surface area (Å²) in [5, 5.41) is 15.6. The molecule has 0 aromatic rings. The maximum absolute atomic E-state index is 11.3. The molecule has 0 saturated carbocycles. The first-order chi connectivity index (χ1) is 7.20. The van der Waals surface area contributed by atoms with E-state index in [1.54, 1.807) is 4.72 Å². The second-order valence-corrected chi connectivity index (χ2v) is 5.03. The van der Waals surface area contributed by atoms with Crippen LogP contribution in [-0.2, 0) is 19.6 Å². The summed E-state index contributed by atoms with van der Waals surface area (Å²) < 4.78 is 24.3. The van der Waals surface area contributed by atoms with Gasteiger partial charge < -0.3 is 10.8 Å². The summed E-state index contributed by atoms with van der Waals surface area (Å²) >= 11 is 0. The number of primary amides is 1. The molecule has 0 aromatic heterocycles. The maximum atomic E-state index is 11.3. The summed E-state index contributed by atoms with van der Waals surface area (Å²) in [7, 11) is -4.10. The lowest BCUT2D eigenvalue weighted by Gasteiger charge is -2.13. The number of amides is 1. The van der Waals surface area contributed by atoms with Crippen molar-refractivity contribution in [2.45, 2.75) is 24.6 Å². The van der Waals surface area contributed by atoms with Crippen molar-refractivity contribution < 1.29 is 23.1 Å². The molecular weight excluding hydrogens is 238 g/mol. The molecule has 16 heavy (non-hydrogen) atoms. The van der Waals surface area contributed by atoms with Crippen molar-refractivity contribution in [1.82, 2.24) is 4.72 Å². The normalized spacial score (nSPS) is 14.8. The Kier molecular flexibility index (Phi) is 4.87. The Morgan fingerprint density at radius 2 is 2.06 bits per heavy atom. The van der Waals surface area contributed by atoms with Crippen LogP contribution in [0.15, 0.2) is 0 Å². The Hall–Kier alpha value is -1.66. The minimum absolute atomic E-state index is 0.674. The van der Waals surface area contributed by atoms with E-state index >= 15 is 0 Å². The maximum Gasteiger partial charge on any atom is 0.322 e. The fraction of sp³-hybridized carbons (Fsp3) is 0.571. The van der Waals surface area contributed by atoms with E-state index in [0.717, 1.165) is 6.92 Å². The number of nitrogens with one attached hydrogen (secondary N) is 1. The van der Waals surface area contributed by atoms with E-state index in [1.807, 2.05) is 0 Å². The predicted molar refractivity (Wildman–Crippen MR) is 52.4 cm³/mol. The van der Waals surface area contributed by atoms with Crippen LogP contribution in [0, 0.1) is 11.3 Å². The number of aliphatic carboxylic acids is 1. The van der Waals surface area contributed by atoms with E-state index in [-0.39, 0.29) is 0 Å². The van der Waals surface area contributed by atoms with Crippen molar-refractivity contribution in [2.24, 2.45) is 5.73 Å². The number of sulfonamides is 1. The Morgan fingerprint density at radius 3 is 2.38 bits per heavy atom. The molecular formula is C7H11N3O5S. The van der Waals surface area contributed by atoms with Crippen LogP contribution in [0.2, 0.25) is 0 Å². The second kappa shape index (κ2) is 5.43. The first-order valence-electron chi connectivity index (χ1n) is 4.12. The van der Waals surface area contributed by atoms with Crippen molar-refractivity contribution in [2.75, 3.05) is 0 Å². The number of rotatable bonds is 6. The number of hydrogen-bond donors (Lipinski definition) is 3. The van der Waals surface area contributed by atoms with Gasteiger partial charge in [0.1, 0.15) is 6.04 Å². The molecule has 0 aromatic carbocycles. The number of nitriles is 1. The molecule has 0 heterocycles. The third-order valence-electron chi connectivity index (χ3n) is 1.66. The molecule has 0 rings (SSSR count). The van der Waals surface area contributed by atoms with E-state index < -0.39 is 39.6 Å². The smallest absolute Gasteiger partial charge is 0.322 e. The molecule has 9 heteroatoms. The van der Waals surface area contributed by atoms with Gasteiger partial charge in [-0.1, -0.05) is 0 Å². The van der Waals surface area contributed by atoms with Crippen molar-refractivity contribution in [3.63, 3.8) is 0 Å². The van der Waals surface area contributed by atoms with Gasteiger partial charge in [-0.05, 0) is 6.92 Å². The van der Waals surface area contributed by atoms with Crippen molar-refractivity contribution >= 4 is 21.9 Å². The van der Waals surface area contributed by atoms with Gasteiger partial charge in [-0.3, -0.25) is 9.59 Å². The molecule has 0 aliphatic rings. The molecule has 4 N–H and O–H groups in total. The third kappa shape index (κ3) is 4.24. The molecule has 2 unspecified atom stereocenters. The summed E-state index contributed by atoms with van der Waals surface area (Å²) in [5.41, 5.74) is 4.76. The van der Waals surface area contributed by atoms with Gasteiger partial charge >= 0.3 is 5.97 Å². The molecule has 0 saturated heterocycles. The Labute approximate surface area is 92.1 Å². The molecule has 0 aliphatic carbocycles. The van der Waals surface area contributed by atoms with Crippen LogP contribution in [0.5, 0.6) is 0 Å². The number of hydrogen-bond acceptors (Lipinski definition) is 5. The number of carbonyl (C=O) groups excluding carboxylic acids is 1. The average Bonchev–Trinajstić information content (AvgIpc) is 2.14. The highest BCUT2D eigenvalue weighted by molar-refractivity contribution is 7.90. The largest absolute Gasteiger partial charge is 0.480 e. The molecule has 1 amide bonds. The quantitative estimate of drug-likeness (QED) is 0.502. The van der Waals surface area contributed by atoms with E-state index in [0.29, 0.717) is 0 Å². The van der Waals surface area contributed by atoms with Crippen LogP contribution >= 0.6 is 0 Å². The minimum atomic E-state index is -4.10. The zero-order valence-electron chi connectivity index (χ0n) is 8.37. The number of carbonyl (C=O) groups is 2. The van der Waals surface area contributed by atoms with Crippen LogP contribution in [0.3, 0.4) is 0 Å². The van der Waals surface area contributed by atoms with Gasteiger partial charge in [0.2, 0.25) is 15.9 Å². The van der Waals surface area contributed by atoms with Crippen LogP contribution < -0.4 is 10.5 Å². The van der Waals surface area contributed by atoms with E-state index in [4.69, 9.17) is 16.1 Å². The first-order valence-corrected chi connectivity index (χ1v) is 5.67. The minimum Gasteiger partial charge on any atom is -0.480 e. The van der Waals surface area contributed by atoms with Gasteiger partial charge in [-0.25, -0.2) is 8.42 Å². The zero-order valence-corrected chi connectivity index (χ0v) is 9.19. The molecule has 0 aliphatic heterocycles. The summed E-state index contributed by atoms with van der Waals surface area (Å²) in [6.07, 6.45) is -0.674. The Bertz CT molecular complexity index is 424. The van der Waals surface area contributed by atoms with Crippen molar-refractivity contribution in [3.05, 3.63) is 0 Å². The first kappa shape index (κ1) is 14.3. The van der Waals surface area contributed by atoms with E-state index in [1.165, 1.54) is 6.07 Å². The van der Waals surface area contributed by atoms with Gasteiger partial charge in [0, 0.05) is 0 Å². The molecule has 0 fully saturated rings. The molecule has 90 valence electrons. The lowest BCUT2D eigenvalue weighted by Crippen LogP contribution is -2.45. The zero-order chi connectivity index (χ0) is 12.9. The van der Waals surface area contributed by atoms with Crippen molar-refractivity contribution in [3.8, 4) is 6.07 Å². The molecule has 0 bridgehead atoms. The van der Waals surface area contributed by atoms with Gasteiger partial charge in [-0.15, -0.1) is 0 Å². The van der Waals surface area contributed by atoms with Gasteiger partial charge in [0.15, 0.2) is 5.25 Å². The van der Waals surface area contributed by atoms with Crippen LogP contribution in [0.4, 0.5) is 0 Å². The van der Waals surface area contributed by atoms with E-state index in [2.05, 4.69) is 0 Å². The number of carboxylic acids is 1. The predicted octanol–water partition coefficient (Wildman–Crippen LogP) is -1.85. The highest BCUT2D eigenvalue weighted by Crippen LogP contribution is 2.01. The monoisotopic (exact) mass is 249 g/mol. The Morgan fingerprint density at radius 1 is 1.56 bits per heavy atom. The highest BCUT2D eigenvalue weighted by Gasteiger charge is 2.29. The summed E-state index contributed by atoms with van der Waals surface area (Å²) in [6.45, 7) is 1.09. The fourth-order valence-electron chi connectivity index (χ4n) is 0.750. The fourth-order valence-corrected chi connectivity index (χ4v) is 1.67. The van der Waals surface area contributed by atoms with Crippen molar-refractivity contribution in [1.29, 1.82) is 5.26 Å². The number of nitrogens with two attached hydrogens (primary N) is 1. The SMILES string of the molecule is CC(C#N)S(=O)(=O)NC(CC(N)=O)C(=O)O. The topological polar surface area (TPSA) is 150 Å². The Balaban J connectivity index is 4.85. The summed E-state index contributed by atoms with van der Waals surface area (Å²) in [5.74, 6) is -2.49. The third-order valence-corrected chi connectivity index (χ3v) is 3.31. The van der Waals surface area contributed by atoms with Crippen LogP contribution in [-0.4, -0.2) is 36.7 Å². The van der Waals surface area contributed by atoms with Gasteiger partial charge in [0.05, 0.1) is 12.5 Å². The molecule has 2 atom stereocenters. The lowest BCUT2D eigenvalue weighted by molar-refractivity contribution is -0.140. The number of carboxylic acid groups (broad SMARTS) is 1. The number of nitrogens with zero attached hydrogens (tertiary/aromatic N) is 1. The average molecular weight is 249 g/mol. The van der Waals surface area contributed by atoms with E-state index in [9.17, 15) is 18.0 Å². The molecule has 8 nitrogen and oxygen atoms in total. The van der Waals surface area contributed by atoms with Crippen LogP contribution in [0.25, 0.3) is 0 Å². The standard InChI is InChI=1S/C7H11N3O5S/c1-4(3-8)16(14,15)10-5(7(12)13)2-6(9)11/h4-5,10H,2H2,1H3,(H2,9,11)(H,12,13). The van der Waals surface area contributed by atoms with Crippen LogP contribution in [0.1, 0.15) is 13.3 Å².